The number of hydrogen-bond donors (Lipinski definition) is 2. The molecule has 0 radical (unpaired) electrons. The highest BCUT2D eigenvalue weighted by Gasteiger charge is 2.24. The van der Waals surface area contributed by atoms with E-state index in [1.807, 2.05) is 4.57 Å². The molecule has 1 heterocycles. The van der Waals surface area contributed by atoms with E-state index in [0.29, 0.717) is 22.8 Å². The average molecular weight is 299 g/mol. The topological polar surface area (TPSA) is 88.2 Å². The third kappa shape index (κ3) is 3.73. The number of hydrogen-bond acceptors (Lipinski definition) is 5. The van der Waals surface area contributed by atoms with Crippen LogP contribution in [0.4, 0.5) is 0 Å². The second-order valence-electron chi connectivity index (χ2n) is 5.37. The van der Waals surface area contributed by atoms with Gasteiger partial charge in [0.15, 0.2) is 11.0 Å². The Balaban J connectivity index is 2.11. The summed E-state index contributed by atoms with van der Waals surface area (Å²) in [6, 6.07) is 0. The van der Waals surface area contributed by atoms with Gasteiger partial charge in [0.25, 0.3) is 0 Å². The highest BCUT2D eigenvalue weighted by atomic mass is 32.2. The largest absolute Gasteiger partial charge is 0.481 e. The van der Waals surface area contributed by atoms with E-state index in [0.717, 1.165) is 18.3 Å². The van der Waals surface area contributed by atoms with E-state index in [4.69, 9.17) is 5.11 Å². The summed E-state index contributed by atoms with van der Waals surface area (Å²) in [5.41, 5.74) is 0. The zero-order valence-corrected chi connectivity index (χ0v) is 12.5. The van der Waals surface area contributed by atoms with Crippen LogP contribution >= 0.6 is 11.8 Å². The molecule has 20 heavy (non-hydrogen) atoms. The van der Waals surface area contributed by atoms with E-state index < -0.39 is 5.97 Å². The molecule has 1 saturated carbocycles. The van der Waals surface area contributed by atoms with Gasteiger partial charge in [0.1, 0.15) is 6.61 Å². The van der Waals surface area contributed by atoms with Crippen molar-refractivity contribution in [3.8, 4) is 0 Å². The molecule has 2 rings (SSSR count). The van der Waals surface area contributed by atoms with Crippen molar-refractivity contribution < 1.29 is 15.0 Å². The summed E-state index contributed by atoms with van der Waals surface area (Å²) in [5, 5.41) is 26.7. The van der Waals surface area contributed by atoms with Crippen LogP contribution in [0.1, 0.15) is 38.4 Å². The van der Waals surface area contributed by atoms with Gasteiger partial charge in [0, 0.05) is 6.54 Å². The molecule has 1 fully saturated rings. The first-order valence-electron chi connectivity index (χ1n) is 6.99. The van der Waals surface area contributed by atoms with Crippen LogP contribution in [0.2, 0.25) is 0 Å². The standard InChI is InChI=1S/C13H21N3O3S/c1-9-4-2-3-5-10(9)6-16-11(7-17)14-15-13(16)20-8-12(18)19/h9-10,17H,2-8H2,1H3,(H,18,19). The van der Waals surface area contributed by atoms with E-state index in [1.54, 1.807) is 0 Å². The fourth-order valence-electron chi connectivity index (χ4n) is 2.75. The summed E-state index contributed by atoms with van der Waals surface area (Å²) in [6.45, 7) is 2.87. The van der Waals surface area contributed by atoms with Crippen molar-refractivity contribution in [2.24, 2.45) is 11.8 Å². The zero-order valence-electron chi connectivity index (χ0n) is 11.7. The first-order chi connectivity index (χ1) is 9.61. The van der Waals surface area contributed by atoms with Gasteiger partial charge in [-0.1, -0.05) is 37.9 Å². The Kier molecular flexibility index (Phi) is 5.42. The molecular formula is C13H21N3O3S. The van der Waals surface area contributed by atoms with Gasteiger partial charge in [-0.25, -0.2) is 0 Å². The molecule has 1 aliphatic rings. The number of thioether (sulfide) groups is 1. The second kappa shape index (κ2) is 7.08. The number of nitrogens with zero attached hydrogens (tertiary/aromatic N) is 3. The van der Waals surface area contributed by atoms with Crippen LogP contribution in [0.25, 0.3) is 0 Å². The molecule has 1 aliphatic carbocycles. The molecule has 112 valence electrons. The normalized spacial score (nSPS) is 22.9. The van der Waals surface area contributed by atoms with Crippen LogP contribution in [0.3, 0.4) is 0 Å². The van der Waals surface area contributed by atoms with Crippen LogP contribution in [-0.4, -0.2) is 36.7 Å². The lowest BCUT2D eigenvalue weighted by atomic mass is 9.80. The zero-order chi connectivity index (χ0) is 14.5. The molecule has 0 spiro atoms. The lowest BCUT2D eigenvalue weighted by molar-refractivity contribution is -0.133. The molecule has 7 heteroatoms. The van der Waals surface area contributed by atoms with Crippen molar-refractivity contribution >= 4 is 17.7 Å². The van der Waals surface area contributed by atoms with Gasteiger partial charge in [-0.15, -0.1) is 10.2 Å². The minimum atomic E-state index is -0.874. The minimum Gasteiger partial charge on any atom is -0.481 e. The number of aromatic nitrogens is 3. The van der Waals surface area contributed by atoms with Crippen molar-refractivity contribution in [2.45, 2.75) is 50.9 Å². The lowest BCUT2D eigenvalue weighted by Crippen LogP contribution is -2.23. The summed E-state index contributed by atoms with van der Waals surface area (Å²) in [5.74, 6) is 0.810. The van der Waals surface area contributed by atoms with Crippen molar-refractivity contribution in [3.05, 3.63) is 5.82 Å². The smallest absolute Gasteiger partial charge is 0.313 e. The number of rotatable bonds is 6. The Morgan fingerprint density at radius 3 is 2.80 bits per heavy atom. The van der Waals surface area contributed by atoms with Crippen LogP contribution in [-0.2, 0) is 17.9 Å². The molecule has 2 unspecified atom stereocenters. The Hall–Kier alpha value is -1.08. The Morgan fingerprint density at radius 2 is 2.15 bits per heavy atom. The van der Waals surface area contributed by atoms with E-state index in [-0.39, 0.29) is 12.4 Å². The Labute approximate surface area is 122 Å². The van der Waals surface area contributed by atoms with Gasteiger partial charge in [0.05, 0.1) is 5.75 Å². The maximum Gasteiger partial charge on any atom is 0.313 e. The second-order valence-corrected chi connectivity index (χ2v) is 6.31. The number of aliphatic carboxylic acids is 1. The number of aliphatic hydroxyl groups excluding tert-OH is 1. The SMILES string of the molecule is CC1CCCCC1Cn1c(CO)nnc1SCC(=O)O. The fourth-order valence-corrected chi connectivity index (χ4v) is 3.44. The van der Waals surface area contributed by atoms with Crippen molar-refractivity contribution in [2.75, 3.05) is 5.75 Å². The number of carbonyl (C=O) groups is 1. The number of carboxylic acids is 1. The van der Waals surface area contributed by atoms with Crippen LogP contribution in [0.15, 0.2) is 5.16 Å². The first kappa shape index (κ1) is 15.3. The predicted molar refractivity (Wildman–Crippen MR) is 75.4 cm³/mol. The number of carboxylic acid groups (broad SMARTS) is 1. The quantitative estimate of drug-likeness (QED) is 0.778. The monoisotopic (exact) mass is 299 g/mol. The van der Waals surface area contributed by atoms with Crippen LogP contribution in [0.5, 0.6) is 0 Å². The molecular weight excluding hydrogens is 278 g/mol. The Bertz CT molecular complexity index is 464. The van der Waals surface area contributed by atoms with Gasteiger partial charge in [0.2, 0.25) is 0 Å². The molecule has 0 amide bonds. The molecule has 1 aromatic heterocycles. The van der Waals surface area contributed by atoms with E-state index in [2.05, 4.69) is 17.1 Å². The summed E-state index contributed by atoms with van der Waals surface area (Å²) >= 11 is 1.16. The van der Waals surface area contributed by atoms with E-state index in [1.165, 1.54) is 25.7 Å². The summed E-state index contributed by atoms with van der Waals surface area (Å²) < 4.78 is 1.89. The first-order valence-corrected chi connectivity index (χ1v) is 7.98. The predicted octanol–water partition coefficient (Wildman–Crippen LogP) is 1.77. The molecule has 6 nitrogen and oxygen atoms in total. The fraction of sp³-hybridized carbons (Fsp3) is 0.769. The summed E-state index contributed by atoms with van der Waals surface area (Å²) in [6.07, 6.45) is 4.93. The molecule has 0 bridgehead atoms. The van der Waals surface area contributed by atoms with Gasteiger partial charge in [-0.05, 0) is 18.3 Å². The van der Waals surface area contributed by atoms with Gasteiger partial charge in [-0.3, -0.25) is 4.79 Å². The van der Waals surface area contributed by atoms with Crippen LogP contribution in [0, 0.1) is 11.8 Å². The molecule has 1 aromatic rings. The van der Waals surface area contributed by atoms with Crippen LogP contribution < -0.4 is 0 Å². The highest BCUT2D eigenvalue weighted by Crippen LogP contribution is 2.32. The van der Waals surface area contributed by atoms with Crippen molar-refractivity contribution in [3.63, 3.8) is 0 Å². The molecule has 0 saturated heterocycles. The summed E-state index contributed by atoms with van der Waals surface area (Å²) in [7, 11) is 0. The molecule has 0 aliphatic heterocycles. The molecule has 2 N–H and O–H groups in total. The van der Waals surface area contributed by atoms with Gasteiger partial charge < -0.3 is 14.8 Å². The van der Waals surface area contributed by atoms with Gasteiger partial charge >= 0.3 is 5.97 Å². The lowest BCUT2D eigenvalue weighted by Gasteiger charge is -2.29. The van der Waals surface area contributed by atoms with E-state index >= 15 is 0 Å². The highest BCUT2D eigenvalue weighted by molar-refractivity contribution is 7.99. The molecule has 2 atom stereocenters. The third-order valence-electron chi connectivity index (χ3n) is 3.97. The number of aliphatic hydroxyl groups is 1. The maximum absolute atomic E-state index is 10.7. The van der Waals surface area contributed by atoms with Crippen molar-refractivity contribution in [1.29, 1.82) is 0 Å². The van der Waals surface area contributed by atoms with Crippen molar-refractivity contribution in [1.82, 2.24) is 14.8 Å². The molecule has 0 aromatic carbocycles. The van der Waals surface area contributed by atoms with E-state index in [9.17, 15) is 9.90 Å². The Morgan fingerprint density at radius 1 is 1.40 bits per heavy atom. The minimum absolute atomic E-state index is 0.0379. The maximum atomic E-state index is 10.7. The summed E-state index contributed by atoms with van der Waals surface area (Å²) in [4.78, 5) is 10.7. The average Bonchev–Trinajstić information content (AvgIpc) is 2.81. The third-order valence-corrected chi connectivity index (χ3v) is 4.92. The van der Waals surface area contributed by atoms with Gasteiger partial charge in [-0.2, -0.15) is 0 Å².